The van der Waals surface area contributed by atoms with Crippen molar-refractivity contribution in [2.75, 3.05) is 0 Å². The number of hydrogen-bond acceptors (Lipinski definition) is 2. The van der Waals surface area contributed by atoms with Crippen LogP contribution in [0.4, 0.5) is 0 Å². The van der Waals surface area contributed by atoms with E-state index in [1.54, 1.807) is 0 Å². The van der Waals surface area contributed by atoms with E-state index in [1.807, 2.05) is 27.7 Å². The summed E-state index contributed by atoms with van der Waals surface area (Å²) >= 11 is 0. The van der Waals surface area contributed by atoms with Gasteiger partial charge in [0, 0.05) is 24.7 Å². The Morgan fingerprint density at radius 1 is 1.07 bits per heavy atom. The Hall–Kier alpha value is -0.660. The van der Waals surface area contributed by atoms with Crippen molar-refractivity contribution in [1.29, 1.82) is 0 Å². The molecule has 0 aliphatic carbocycles. The van der Waals surface area contributed by atoms with Gasteiger partial charge in [-0.3, -0.25) is 9.59 Å². The van der Waals surface area contributed by atoms with Crippen LogP contribution in [0.2, 0.25) is 0 Å². The lowest BCUT2D eigenvalue weighted by molar-refractivity contribution is -0.127. The molecule has 0 aromatic rings. The van der Waals surface area contributed by atoms with Crippen LogP contribution in [0, 0.1) is 5.41 Å². The summed E-state index contributed by atoms with van der Waals surface area (Å²) in [5.74, 6) is 0.538. The lowest BCUT2D eigenvalue weighted by atomic mass is 9.83. The molecule has 0 saturated heterocycles. The monoisotopic (exact) mass is 198 g/mol. The zero-order chi connectivity index (χ0) is 11.2. The Balaban J connectivity index is 3.80. The third-order valence-electron chi connectivity index (χ3n) is 2.89. The van der Waals surface area contributed by atoms with Crippen molar-refractivity contribution in [3.05, 3.63) is 0 Å². The van der Waals surface area contributed by atoms with E-state index in [0.29, 0.717) is 19.3 Å². The zero-order valence-corrected chi connectivity index (χ0v) is 9.85. The second-order valence-corrected chi connectivity index (χ2v) is 4.41. The van der Waals surface area contributed by atoms with Crippen molar-refractivity contribution in [1.82, 2.24) is 0 Å². The summed E-state index contributed by atoms with van der Waals surface area (Å²) in [7, 11) is 0. The molecule has 2 heteroatoms. The maximum Gasteiger partial charge on any atom is 0.138 e. The highest BCUT2D eigenvalue weighted by molar-refractivity contribution is 5.84. The van der Waals surface area contributed by atoms with Crippen LogP contribution in [0.15, 0.2) is 0 Å². The maximum atomic E-state index is 11.7. The van der Waals surface area contributed by atoms with E-state index in [1.165, 1.54) is 0 Å². The van der Waals surface area contributed by atoms with E-state index >= 15 is 0 Å². The summed E-state index contributed by atoms with van der Waals surface area (Å²) in [4.78, 5) is 22.7. The van der Waals surface area contributed by atoms with Crippen LogP contribution >= 0.6 is 0 Å². The molecule has 0 amide bonds. The van der Waals surface area contributed by atoms with Gasteiger partial charge >= 0.3 is 0 Å². The lowest BCUT2D eigenvalue weighted by Gasteiger charge is -2.20. The quantitative estimate of drug-likeness (QED) is 0.629. The Morgan fingerprint density at radius 2 is 1.64 bits per heavy atom. The summed E-state index contributed by atoms with van der Waals surface area (Å²) in [6, 6.07) is 0. The fourth-order valence-electron chi connectivity index (χ4n) is 1.16. The second kappa shape index (κ2) is 5.94. The molecular formula is C12H22O2. The number of carbonyl (C=O) groups is 2. The molecule has 0 radical (unpaired) electrons. The molecule has 0 atom stereocenters. The van der Waals surface area contributed by atoms with Gasteiger partial charge in [0.1, 0.15) is 11.6 Å². The molecule has 0 saturated carbocycles. The molecule has 0 aromatic heterocycles. The molecule has 0 N–H and O–H groups in total. The fourth-order valence-corrected chi connectivity index (χ4v) is 1.16. The van der Waals surface area contributed by atoms with Crippen molar-refractivity contribution < 1.29 is 9.59 Å². The highest BCUT2D eigenvalue weighted by atomic mass is 16.1. The van der Waals surface area contributed by atoms with Gasteiger partial charge in [-0.15, -0.1) is 0 Å². The van der Waals surface area contributed by atoms with Gasteiger partial charge in [-0.2, -0.15) is 0 Å². The minimum atomic E-state index is -0.213. The molecule has 0 bridgehead atoms. The van der Waals surface area contributed by atoms with Crippen molar-refractivity contribution in [3.8, 4) is 0 Å². The summed E-state index contributed by atoms with van der Waals surface area (Å²) in [5, 5.41) is 0. The van der Waals surface area contributed by atoms with Crippen LogP contribution in [-0.2, 0) is 9.59 Å². The maximum absolute atomic E-state index is 11.7. The van der Waals surface area contributed by atoms with Gasteiger partial charge < -0.3 is 0 Å². The third-order valence-corrected chi connectivity index (χ3v) is 2.89. The smallest absolute Gasteiger partial charge is 0.138 e. The second-order valence-electron chi connectivity index (χ2n) is 4.41. The predicted molar refractivity (Wildman–Crippen MR) is 58.2 cm³/mol. The number of rotatable bonds is 7. The van der Waals surface area contributed by atoms with Crippen LogP contribution in [0.1, 0.15) is 59.8 Å². The van der Waals surface area contributed by atoms with Gasteiger partial charge in [0.25, 0.3) is 0 Å². The summed E-state index contributed by atoms with van der Waals surface area (Å²) < 4.78 is 0. The first kappa shape index (κ1) is 13.3. The minimum absolute atomic E-state index is 0.213. The first-order valence-corrected chi connectivity index (χ1v) is 5.49. The third kappa shape index (κ3) is 4.54. The van der Waals surface area contributed by atoms with E-state index in [-0.39, 0.29) is 17.0 Å². The number of carbonyl (C=O) groups excluding carboxylic acids is 2. The molecule has 0 fully saturated rings. The highest BCUT2D eigenvalue weighted by Crippen LogP contribution is 2.23. The van der Waals surface area contributed by atoms with E-state index in [4.69, 9.17) is 0 Å². The van der Waals surface area contributed by atoms with E-state index in [9.17, 15) is 9.59 Å². The number of hydrogen-bond donors (Lipinski definition) is 0. The first-order valence-electron chi connectivity index (χ1n) is 5.49. The van der Waals surface area contributed by atoms with Crippen LogP contribution in [0.5, 0.6) is 0 Å². The van der Waals surface area contributed by atoms with Crippen LogP contribution in [-0.4, -0.2) is 11.6 Å². The normalized spacial score (nSPS) is 11.4. The van der Waals surface area contributed by atoms with Gasteiger partial charge in [0.05, 0.1) is 0 Å². The van der Waals surface area contributed by atoms with Gasteiger partial charge in [0.2, 0.25) is 0 Å². The summed E-state index contributed by atoms with van der Waals surface area (Å²) in [6.07, 6.45) is 3.28. The SMILES string of the molecule is CCC(=O)CCCC(=O)C(C)(C)CC. The molecule has 82 valence electrons. The molecule has 14 heavy (non-hydrogen) atoms. The summed E-state index contributed by atoms with van der Waals surface area (Å²) in [5.41, 5.74) is -0.213. The van der Waals surface area contributed by atoms with Gasteiger partial charge in [0.15, 0.2) is 0 Å². The molecule has 0 aliphatic rings. The average Bonchev–Trinajstić information content (AvgIpc) is 2.17. The Morgan fingerprint density at radius 3 is 2.07 bits per heavy atom. The zero-order valence-electron chi connectivity index (χ0n) is 9.85. The number of ketones is 2. The van der Waals surface area contributed by atoms with E-state index in [2.05, 4.69) is 0 Å². The average molecular weight is 198 g/mol. The van der Waals surface area contributed by atoms with Gasteiger partial charge in [-0.25, -0.2) is 0 Å². The largest absolute Gasteiger partial charge is 0.300 e. The molecule has 0 rings (SSSR count). The molecule has 0 unspecified atom stereocenters. The fraction of sp³-hybridized carbons (Fsp3) is 0.833. The van der Waals surface area contributed by atoms with E-state index < -0.39 is 0 Å². The lowest BCUT2D eigenvalue weighted by Crippen LogP contribution is -2.23. The van der Waals surface area contributed by atoms with Gasteiger partial charge in [-0.1, -0.05) is 27.7 Å². The Bertz CT molecular complexity index is 204. The predicted octanol–water partition coefficient (Wildman–Crippen LogP) is 3.14. The van der Waals surface area contributed by atoms with Crippen LogP contribution < -0.4 is 0 Å². The Kier molecular flexibility index (Phi) is 5.66. The molecule has 2 nitrogen and oxygen atoms in total. The molecule has 0 aliphatic heterocycles. The van der Waals surface area contributed by atoms with Crippen molar-refractivity contribution in [3.63, 3.8) is 0 Å². The van der Waals surface area contributed by atoms with Crippen LogP contribution in [0.25, 0.3) is 0 Å². The topological polar surface area (TPSA) is 34.1 Å². The number of Topliss-reactive ketones (excluding diaryl/α,β-unsaturated/α-hetero) is 2. The minimum Gasteiger partial charge on any atom is -0.300 e. The molecule has 0 heterocycles. The molecule has 0 aromatic carbocycles. The molecule has 0 spiro atoms. The van der Waals surface area contributed by atoms with Gasteiger partial charge in [-0.05, 0) is 12.8 Å². The highest BCUT2D eigenvalue weighted by Gasteiger charge is 2.24. The van der Waals surface area contributed by atoms with Crippen molar-refractivity contribution >= 4 is 11.6 Å². The van der Waals surface area contributed by atoms with E-state index in [0.717, 1.165) is 12.8 Å². The van der Waals surface area contributed by atoms with Crippen molar-refractivity contribution in [2.45, 2.75) is 59.8 Å². The first-order chi connectivity index (χ1) is 6.44. The Labute approximate surface area is 87.1 Å². The van der Waals surface area contributed by atoms with Crippen molar-refractivity contribution in [2.24, 2.45) is 5.41 Å². The van der Waals surface area contributed by atoms with Crippen LogP contribution in [0.3, 0.4) is 0 Å². The molecular weight excluding hydrogens is 176 g/mol. The summed E-state index contributed by atoms with van der Waals surface area (Å²) in [6.45, 7) is 7.82. The standard InChI is InChI=1S/C12H22O2/c1-5-10(13)8-7-9-11(14)12(3,4)6-2/h5-9H2,1-4H3.